The Hall–Kier alpha value is -1.56. The first kappa shape index (κ1) is 17.5. The molecule has 1 aromatic carbocycles. The molecule has 0 saturated heterocycles. The highest BCUT2D eigenvalue weighted by atomic mass is 32.2. The maximum Gasteiger partial charge on any atom is 0.395 e. The number of nitrogens with one attached hydrogen (secondary N) is 1. The van der Waals surface area contributed by atoms with Crippen molar-refractivity contribution >= 4 is 10.0 Å². The predicted molar refractivity (Wildman–Crippen MR) is 75.4 cm³/mol. The Morgan fingerprint density at radius 1 is 1.29 bits per heavy atom. The number of alkyl halides is 3. The summed E-state index contributed by atoms with van der Waals surface area (Å²) in [5.41, 5.74) is 2.43. The zero-order valence-electron chi connectivity index (χ0n) is 11.2. The normalized spacial score (nSPS) is 13.5. The molecule has 1 rings (SSSR count). The standard InChI is InChI=1S/C14H16F3NO2S/c1-2-3-10-18-21(19,20)11-9-13(14(15,16)17)12-7-5-4-6-8-12/h3-8,13,18H,1,9-11H2. The summed E-state index contributed by atoms with van der Waals surface area (Å²) in [4.78, 5) is 0. The van der Waals surface area contributed by atoms with Crippen molar-refractivity contribution in [3.05, 3.63) is 54.3 Å². The van der Waals surface area contributed by atoms with E-state index in [1.165, 1.54) is 30.3 Å². The number of halogens is 3. The van der Waals surface area contributed by atoms with Gasteiger partial charge in [-0.25, -0.2) is 13.1 Å². The van der Waals surface area contributed by atoms with E-state index in [1.54, 1.807) is 6.07 Å². The number of hydrogen-bond acceptors (Lipinski definition) is 2. The van der Waals surface area contributed by atoms with Crippen LogP contribution < -0.4 is 4.72 Å². The molecule has 0 aromatic heterocycles. The second-order valence-electron chi connectivity index (χ2n) is 4.37. The fraction of sp³-hybridized carbons (Fsp3) is 0.357. The van der Waals surface area contributed by atoms with E-state index in [0.717, 1.165) is 0 Å². The van der Waals surface area contributed by atoms with Crippen molar-refractivity contribution in [1.82, 2.24) is 4.72 Å². The van der Waals surface area contributed by atoms with Gasteiger partial charge in [0.1, 0.15) is 0 Å². The van der Waals surface area contributed by atoms with Crippen molar-refractivity contribution < 1.29 is 21.6 Å². The summed E-state index contributed by atoms with van der Waals surface area (Å²) in [6.45, 7) is 3.23. The van der Waals surface area contributed by atoms with E-state index in [2.05, 4.69) is 17.0 Å². The minimum Gasteiger partial charge on any atom is -0.212 e. The van der Waals surface area contributed by atoms with Gasteiger partial charge in [0.15, 0.2) is 0 Å². The third-order valence-electron chi connectivity index (χ3n) is 2.82. The van der Waals surface area contributed by atoms with Crippen LogP contribution in [-0.2, 0) is 10.0 Å². The average molecular weight is 319 g/mol. The van der Waals surface area contributed by atoms with Gasteiger partial charge in [0.2, 0.25) is 10.0 Å². The summed E-state index contributed by atoms with van der Waals surface area (Å²) in [5.74, 6) is -2.40. The van der Waals surface area contributed by atoms with Gasteiger partial charge < -0.3 is 0 Å². The minimum atomic E-state index is -4.49. The average Bonchev–Trinajstić information content (AvgIpc) is 2.38. The highest BCUT2D eigenvalue weighted by molar-refractivity contribution is 7.89. The van der Waals surface area contributed by atoms with Gasteiger partial charge in [-0.2, -0.15) is 13.2 Å². The minimum absolute atomic E-state index is 0.0339. The van der Waals surface area contributed by atoms with Crippen LogP contribution in [-0.4, -0.2) is 26.9 Å². The van der Waals surface area contributed by atoms with E-state index in [9.17, 15) is 21.6 Å². The largest absolute Gasteiger partial charge is 0.395 e. The molecule has 0 spiro atoms. The molecular weight excluding hydrogens is 303 g/mol. The highest BCUT2D eigenvalue weighted by Crippen LogP contribution is 2.37. The summed E-state index contributed by atoms with van der Waals surface area (Å²) in [7, 11) is -3.77. The molecule has 116 valence electrons. The molecule has 21 heavy (non-hydrogen) atoms. The van der Waals surface area contributed by atoms with Gasteiger partial charge in [0, 0.05) is 6.54 Å². The van der Waals surface area contributed by atoms with Crippen LogP contribution in [0.1, 0.15) is 17.9 Å². The molecule has 0 fully saturated rings. The summed E-state index contributed by atoms with van der Waals surface area (Å²) >= 11 is 0. The highest BCUT2D eigenvalue weighted by Gasteiger charge is 2.40. The lowest BCUT2D eigenvalue weighted by Gasteiger charge is -2.20. The maximum atomic E-state index is 13.0. The van der Waals surface area contributed by atoms with E-state index < -0.39 is 34.3 Å². The number of benzene rings is 1. The monoisotopic (exact) mass is 319 g/mol. The van der Waals surface area contributed by atoms with E-state index in [-0.39, 0.29) is 12.1 Å². The van der Waals surface area contributed by atoms with Gasteiger partial charge >= 0.3 is 6.18 Å². The van der Waals surface area contributed by atoms with Crippen molar-refractivity contribution in [2.24, 2.45) is 0 Å². The van der Waals surface area contributed by atoms with Crippen molar-refractivity contribution in [3.8, 4) is 0 Å². The SMILES string of the molecule is C=C=CCNS(=O)(=O)CCC(c1ccccc1)C(F)(F)F. The molecule has 0 radical (unpaired) electrons. The molecule has 1 N–H and O–H groups in total. The lowest BCUT2D eigenvalue weighted by Crippen LogP contribution is -2.30. The molecule has 3 nitrogen and oxygen atoms in total. The van der Waals surface area contributed by atoms with Crippen molar-refractivity contribution in [3.63, 3.8) is 0 Å². The lowest BCUT2D eigenvalue weighted by atomic mass is 9.96. The molecule has 0 bridgehead atoms. The Morgan fingerprint density at radius 2 is 1.90 bits per heavy atom. The molecule has 1 atom stereocenters. The third kappa shape index (κ3) is 6.16. The van der Waals surface area contributed by atoms with Crippen LogP contribution in [0.3, 0.4) is 0 Å². The first-order valence-corrected chi connectivity index (χ1v) is 7.85. The van der Waals surface area contributed by atoms with Gasteiger partial charge in [-0.05, 0) is 18.1 Å². The first-order valence-electron chi connectivity index (χ1n) is 6.19. The van der Waals surface area contributed by atoms with Crippen LogP contribution in [0.2, 0.25) is 0 Å². The molecule has 0 aliphatic heterocycles. The fourth-order valence-corrected chi connectivity index (χ4v) is 2.82. The van der Waals surface area contributed by atoms with E-state index in [0.29, 0.717) is 0 Å². The molecule has 0 saturated carbocycles. The Kier molecular flexibility index (Phi) is 6.20. The topological polar surface area (TPSA) is 46.2 Å². The molecule has 0 aliphatic rings. The van der Waals surface area contributed by atoms with Crippen LogP contribution in [0.4, 0.5) is 13.2 Å². The lowest BCUT2D eigenvalue weighted by molar-refractivity contribution is -0.150. The summed E-state index contributed by atoms with van der Waals surface area (Å²) in [6, 6.07) is 7.29. The zero-order chi connectivity index (χ0) is 15.9. The number of sulfonamides is 1. The van der Waals surface area contributed by atoms with Crippen molar-refractivity contribution in [1.29, 1.82) is 0 Å². The maximum absolute atomic E-state index is 13.0. The second kappa shape index (κ2) is 7.45. The van der Waals surface area contributed by atoms with Crippen molar-refractivity contribution in [2.75, 3.05) is 12.3 Å². The summed E-state index contributed by atoms with van der Waals surface area (Å²) in [6.07, 6.45) is -3.67. The molecular formula is C14H16F3NO2S. The second-order valence-corrected chi connectivity index (χ2v) is 6.30. The van der Waals surface area contributed by atoms with Gasteiger partial charge in [0.25, 0.3) is 0 Å². The van der Waals surface area contributed by atoms with Crippen LogP contribution >= 0.6 is 0 Å². The first-order chi connectivity index (χ1) is 9.76. The Balaban J connectivity index is 2.78. The zero-order valence-corrected chi connectivity index (χ0v) is 12.0. The summed E-state index contributed by atoms with van der Waals surface area (Å²) < 4.78 is 64.6. The number of rotatable bonds is 7. The molecule has 0 heterocycles. The van der Waals surface area contributed by atoms with Gasteiger partial charge in [0.05, 0.1) is 11.7 Å². The smallest absolute Gasteiger partial charge is 0.212 e. The molecule has 0 aliphatic carbocycles. The molecule has 0 amide bonds. The van der Waals surface area contributed by atoms with Gasteiger partial charge in [-0.3, -0.25) is 0 Å². The number of hydrogen-bond donors (Lipinski definition) is 1. The van der Waals surface area contributed by atoms with E-state index >= 15 is 0 Å². The van der Waals surface area contributed by atoms with Gasteiger partial charge in [-0.1, -0.05) is 36.9 Å². The molecule has 7 heteroatoms. The van der Waals surface area contributed by atoms with Crippen LogP contribution in [0, 0.1) is 0 Å². The third-order valence-corrected chi connectivity index (χ3v) is 4.20. The van der Waals surface area contributed by atoms with Crippen LogP contribution in [0.15, 0.2) is 48.7 Å². The molecule has 1 aromatic rings. The predicted octanol–water partition coefficient (Wildman–Crippen LogP) is 2.98. The van der Waals surface area contributed by atoms with E-state index in [1.807, 2.05) is 0 Å². The van der Waals surface area contributed by atoms with E-state index in [4.69, 9.17) is 0 Å². The van der Waals surface area contributed by atoms with Crippen LogP contribution in [0.5, 0.6) is 0 Å². The quantitative estimate of drug-likeness (QED) is 0.785. The Bertz CT molecular complexity index is 590. The fourth-order valence-electron chi connectivity index (χ4n) is 1.79. The molecule has 1 unspecified atom stereocenters. The summed E-state index contributed by atoms with van der Waals surface area (Å²) in [5, 5.41) is 0. The van der Waals surface area contributed by atoms with Crippen molar-refractivity contribution in [2.45, 2.75) is 18.5 Å². The Labute approximate surface area is 122 Å². The van der Waals surface area contributed by atoms with Gasteiger partial charge in [-0.15, -0.1) is 5.73 Å². The Morgan fingerprint density at radius 3 is 2.43 bits per heavy atom. The van der Waals surface area contributed by atoms with Crippen LogP contribution in [0.25, 0.3) is 0 Å².